The normalized spacial score (nSPS) is 19.9. The highest BCUT2D eigenvalue weighted by atomic mass is 32.2. The number of hydrogen-bond donors (Lipinski definition) is 1. The number of nitrogens with zero attached hydrogens (tertiary/aromatic N) is 1. The number of methoxy groups -OCH3 is 2. The van der Waals surface area contributed by atoms with E-state index >= 15 is 0 Å². The zero-order valence-corrected chi connectivity index (χ0v) is 16.6. The fraction of sp³-hybridized carbons (Fsp3) is 0.333. The van der Waals surface area contributed by atoms with Gasteiger partial charge < -0.3 is 19.7 Å². The Kier molecular flexibility index (Phi) is 5.17. The predicted molar refractivity (Wildman–Crippen MR) is 108 cm³/mol. The van der Waals surface area contributed by atoms with Gasteiger partial charge in [-0.1, -0.05) is 36.4 Å². The molecule has 1 fully saturated rings. The van der Waals surface area contributed by atoms with Crippen molar-refractivity contribution >= 4 is 23.6 Å². The highest BCUT2D eigenvalue weighted by Crippen LogP contribution is 2.52. The number of ether oxygens (including phenoxy) is 2. The fourth-order valence-corrected chi connectivity index (χ4v) is 5.24. The van der Waals surface area contributed by atoms with Crippen molar-refractivity contribution in [2.24, 2.45) is 0 Å². The fourth-order valence-electron chi connectivity index (χ4n) is 3.79. The van der Waals surface area contributed by atoms with E-state index in [-0.39, 0.29) is 17.2 Å². The molecule has 0 aliphatic carbocycles. The molecule has 2 aliphatic rings. The molecular formula is C21H22N2O4S. The number of nitrogens with one attached hydrogen (secondary N) is 1. The van der Waals surface area contributed by atoms with E-state index in [0.717, 1.165) is 12.0 Å². The largest absolute Gasteiger partial charge is 0.493 e. The summed E-state index contributed by atoms with van der Waals surface area (Å²) in [6, 6.07) is 13.2. The summed E-state index contributed by atoms with van der Waals surface area (Å²) in [5, 5.41) is 2.82. The first-order valence-electron chi connectivity index (χ1n) is 9.16. The molecule has 2 aliphatic heterocycles. The first-order chi connectivity index (χ1) is 13.7. The minimum atomic E-state index is -0.485. The van der Waals surface area contributed by atoms with Gasteiger partial charge in [0, 0.05) is 17.9 Å². The minimum absolute atomic E-state index is 0.113. The Bertz CT molecular complexity index is 903. The molecule has 2 heterocycles. The number of carbonyl (C=O) groups excluding carboxylic acids is 2. The highest BCUT2D eigenvalue weighted by molar-refractivity contribution is 7.99. The van der Waals surface area contributed by atoms with Gasteiger partial charge >= 0.3 is 0 Å². The van der Waals surface area contributed by atoms with E-state index in [0.29, 0.717) is 29.4 Å². The maximum absolute atomic E-state index is 13.1. The van der Waals surface area contributed by atoms with Crippen LogP contribution in [0.25, 0.3) is 0 Å². The van der Waals surface area contributed by atoms with Gasteiger partial charge in [-0.2, -0.15) is 0 Å². The van der Waals surface area contributed by atoms with Gasteiger partial charge in [0.2, 0.25) is 5.91 Å². The van der Waals surface area contributed by atoms with E-state index in [1.165, 1.54) is 12.7 Å². The van der Waals surface area contributed by atoms with Gasteiger partial charge in [0.25, 0.3) is 5.91 Å². The van der Waals surface area contributed by atoms with Crippen LogP contribution in [0.2, 0.25) is 0 Å². The molecule has 1 saturated heterocycles. The smallest absolute Gasteiger partial charge is 0.260 e. The summed E-state index contributed by atoms with van der Waals surface area (Å²) < 4.78 is 10.8. The van der Waals surface area contributed by atoms with Crippen molar-refractivity contribution < 1.29 is 19.1 Å². The first kappa shape index (κ1) is 18.7. The monoisotopic (exact) mass is 398 g/mol. The lowest BCUT2D eigenvalue weighted by Crippen LogP contribution is -2.46. The summed E-state index contributed by atoms with van der Waals surface area (Å²) in [5.74, 6) is 1.25. The van der Waals surface area contributed by atoms with E-state index in [9.17, 15) is 9.59 Å². The molecule has 2 aromatic rings. The third-order valence-electron chi connectivity index (χ3n) is 5.15. The highest BCUT2D eigenvalue weighted by Gasteiger charge is 2.50. The molecule has 146 valence electrons. The molecule has 2 aromatic carbocycles. The number of amides is 2. The Morgan fingerprint density at radius 3 is 2.68 bits per heavy atom. The number of carbonyl (C=O) groups is 2. The van der Waals surface area contributed by atoms with Crippen LogP contribution < -0.4 is 14.8 Å². The Labute approximate surface area is 168 Å². The first-order valence-corrected chi connectivity index (χ1v) is 10.2. The number of thioether (sulfide) groups is 1. The van der Waals surface area contributed by atoms with Crippen LogP contribution in [0.1, 0.15) is 26.9 Å². The molecule has 0 aromatic heterocycles. The number of hydrogen-bond acceptors (Lipinski definition) is 5. The second-order valence-corrected chi connectivity index (χ2v) is 7.82. The Balaban J connectivity index is 1.49. The molecule has 0 spiro atoms. The van der Waals surface area contributed by atoms with Gasteiger partial charge in [0.1, 0.15) is 11.4 Å². The van der Waals surface area contributed by atoms with E-state index in [1.807, 2.05) is 42.5 Å². The van der Waals surface area contributed by atoms with Crippen molar-refractivity contribution in [2.75, 3.05) is 26.5 Å². The Morgan fingerprint density at radius 2 is 1.96 bits per heavy atom. The third-order valence-corrected chi connectivity index (χ3v) is 6.46. The molecule has 6 nitrogen and oxygen atoms in total. The van der Waals surface area contributed by atoms with Crippen LogP contribution >= 0.6 is 11.8 Å². The van der Waals surface area contributed by atoms with Gasteiger partial charge in [0.05, 0.1) is 19.8 Å². The van der Waals surface area contributed by atoms with Crippen LogP contribution in [0.4, 0.5) is 0 Å². The summed E-state index contributed by atoms with van der Waals surface area (Å²) in [7, 11) is 3.07. The van der Waals surface area contributed by atoms with Gasteiger partial charge in [-0.15, -0.1) is 11.8 Å². The van der Waals surface area contributed by atoms with E-state index in [1.54, 1.807) is 23.8 Å². The summed E-state index contributed by atoms with van der Waals surface area (Å²) >= 11 is 1.61. The van der Waals surface area contributed by atoms with E-state index < -0.39 is 6.04 Å². The topological polar surface area (TPSA) is 67.9 Å². The van der Waals surface area contributed by atoms with Crippen LogP contribution in [0, 0.1) is 0 Å². The van der Waals surface area contributed by atoms with Crippen LogP contribution in [0.3, 0.4) is 0 Å². The van der Waals surface area contributed by atoms with Gasteiger partial charge in [-0.3, -0.25) is 9.59 Å². The van der Waals surface area contributed by atoms with Crippen molar-refractivity contribution in [1.29, 1.82) is 0 Å². The van der Waals surface area contributed by atoms with Crippen LogP contribution in [0.15, 0.2) is 42.5 Å². The summed E-state index contributed by atoms with van der Waals surface area (Å²) in [4.78, 5) is 27.6. The van der Waals surface area contributed by atoms with Gasteiger partial charge in [0.15, 0.2) is 11.5 Å². The second-order valence-electron chi connectivity index (χ2n) is 6.71. The van der Waals surface area contributed by atoms with Crippen LogP contribution in [0.5, 0.6) is 11.5 Å². The molecule has 7 heteroatoms. The van der Waals surface area contributed by atoms with Crippen molar-refractivity contribution in [3.05, 3.63) is 59.2 Å². The maximum Gasteiger partial charge on any atom is 0.260 e. The summed E-state index contributed by atoms with van der Waals surface area (Å²) in [6.45, 7) is 0.542. The third kappa shape index (κ3) is 3.09. The lowest BCUT2D eigenvalue weighted by molar-refractivity contribution is -0.124. The molecule has 0 saturated carbocycles. The molecule has 0 unspecified atom stereocenters. The number of fused-ring (bicyclic) bond motifs is 3. The van der Waals surface area contributed by atoms with Gasteiger partial charge in [-0.05, 0) is 18.1 Å². The average molecular weight is 398 g/mol. The SMILES string of the molecule is COc1ccc2c(c1OC)C(=O)N1[C@H](C(=O)NCCc3ccccc3)CS[C@@H]21. The molecular weight excluding hydrogens is 376 g/mol. The predicted octanol–water partition coefficient (Wildman–Crippen LogP) is 2.63. The van der Waals surface area contributed by atoms with Gasteiger partial charge in [-0.25, -0.2) is 0 Å². The Hall–Kier alpha value is -2.67. The molecule has 0 radical (unpaired) electrons. The molecule has 4 rings (SSSR count). The standard InChI is InChI=1S/C21H22N2O4S/c1-26-16-9-8-14-17(18(16)27-2)20(25)23-15(12-28-21(14)23)19(24)22-11-10-13-6-4-3-5-7-13/h3-9,15,21H,10-12H2,1-2H3,(H,22,24)/t15-,21-/m0/s1. The van der Waals surface area contributed by atoms with E-state index in [4.69, 9.17) is 9.47 Å². The zero-order valence-electron chi connectivity index (χ0n) is 15.8. The summed E-state index contributed by atoms with van der Waals surface area (Å²) in [6.07, 6.45) is 0.759. The van der Waals surface area contributed by atoms with Crippen molar-refractivity contribution in [2.45, 2.75) is 17.8 Å². The average Bonchev–Trinajstić information content (AvgIpc) is 3.28. The molecule has 0 bridgehead atoms. The molecule has 2 amide bonds. The zero-order chi connectivity index (χ0) is 19.7. The lowest BCUT2D eigenvalue weighted by atomic mass is 10.1. The minimum Gasteiger partial charge on any atom is -0.493 e. The van der Waals surface area contributed by atoms with Crippen LogP contribution in [-0.2, 0) is 11.2 Å². The Morgan fingerprint density at radius 1 is 1.18 bits per heavy atom. The second kappa shape index (κ2) is 7.75. The maximum atomic E-state index is 13.1. The van der Waals surface area contributed by atoms with Crippen molar-refractivity contribution in [3.8, 4) is 11.5 Å². The molecule has 2 atom stereocenters. The van der Waals surface area contributed by atoms with Crippen LogP contribution in [-0.4, -0.2) is 49.3 Å². The van der Waals surface area contributed by atoms with E-state index in [2.05, 4.69) is 5.32 Å². The quantitative estimate of drug-likeness (QED) is 0.810. The van der Waals surface area contributed by atoms with Crippen molar-refractivity contribution in [1.82, 2.24) is 10.2 Å². The summed E-state index contributed by atoms with van der Waals surface area (Å²) in [5.41, 5.74) is 2.55. The number of benzene rings is 2. The molecule has 28 heavy (non-hydrogen) atoms. The van der Waals surface area contributed by atoms with Crippen molar-refractivity contribution in [3.63, 3.8) is 0 Å². The lowest BCUT2D eigenvalue weighted by Gasteiger charge is -2.22. The number of rotatable bonds is 6. The molecule has 1 N–H and O–H groups in total.